The van der Waals surface area contributed by atoms with Crippen LogP contribution in [0.5, 0.6) is 0 Å². The van der Waals surface area contributed by atoms with Crippen LogP contribution in [0.15, 0.2) is 30.5 Å². The van der Waals surface area contributed by atoms with Crippen LogP contribution in [0.4, 0.5) is 0 Å². The summed E-state index contributed by atoms with van der Waals surface area (Å²) in [5.74, 6) is 0. The third kappa shape index (κ3) is 2.93. The molecule has 0 saturated heterocycles. The lowest BCUT2D eigenvalue weighted by molar-refractivity contribution is 0.164. The molecule has 0 heterocycles. The molecule has 0 aliphatic rings. The van der Waals surface area contributed by atoms with Gasteiger partial charge in [-0.3, -0.25) is 0 Å². The van der Waals surface area contributed by atoms with Gasteiger partial charge in [-0.25, -0.2) is 0 Å². The maximum Gasteiger partial charge on any atom is 0.121 e. The first kappa shape index (κ1) is 11.4. The van der Waals surface area contributed by atoms with E-state index in [4.69, 9.17) is 27.9 Å². The number of benzene rings is 1. The van der Waals surface area contributed by atoms with E-state index >= 15 is 0 Å². The first-order valence-electron chi connectivity index (χ1n) is 4.36. The molecule has 0 saturated carbocycles. The number of rotatable bonds is 3. The molecular weight excluding hydrogens is 219 g/mol. The van der Waals surface area contributed by atoms with Crippen molar-refractivity contribution in [3.8, 4) is 0 Å². The van der Waals surface area contributed by atoms with Crippen LogP contribution < -0.4 is 0 Å². The van der Waals surface area contributed by atoms with E-state index in [1.165, 1.54) is 0 Å². The van der Waals surface area contributed by atoms with Crippen molar-refractivity contribution in [1.82, 2.24) is 0 Å². The van der Waals surface area contributed by atoms with E-state index in [1.807, 2.05) is 26.0 Å². The predicted molar refractivity (Wildman–Crippen MR) is 60.8 cm³/mol. The molecule has 1 unspecified atom stereocenters. The highest BCUT2D eigenvalue weighted by atomic mass is 35.5. The second-order valence-corrected chi connectivity index (χ2v) is 3.76. The summed E-state index contributed by atoms with van der Waals surface area (Å²) in [6, 6.07) is 5.39. The molecule has 1 aromatic rings. The minimum Gasteiger partial charge on any atom is -0.494 e. The van der Waals surface area contributed by atoms with Crippen molar-refractivity contribution in [2.45, 2.75) is 20.0 Å². The molecule has 0 amide bonds. The Morgan fingerprint density at radius 2 is 2.07 bits per heavy atom. The Morgan fingerprint density at radius 1 is 1.36 bits per heavy atom. The molecule has 14 heavy (non-hydrogen) atoms. The number of allylic oxidation sites excluding steroid dienone is 1. The zero-order valence-corrected chi connectivity index (χ0v) is 9.64. The van der Waals surface area contributed by atoms with Crippen LogP contribution in [0, 0.1) is 0 Å². The van der Waals surface area contributed by atoms with Gasteiger partial charge in [-0.1, -0.05) is 35.3 Å². The average Bonchev–Trinajstić information content (AvgIpc) is 2.14. The van der Waals surface area contributed by atoms with E-state index in [0.717, 1.165) is 5.56 Å². The Kier molecular flexibility index (Phi) is 4.30. The van der Waals surface area contributed by atoms with Gasteiger partial charge in [-0.2, -0.15) is 0 Å². The van der Waals surface area contributed by atoms with Gasteiger partial charge in [0.05, 0.1) is 6.26 Å². The third-order valence-corrected chi connectivity index (χ3v) is 2.38. The van der Waals surface area contributed by atoms with Gasteiger partial charge in [-0.05, 0) is 26.0 Å². The molecule has 0 aliphatic heterocycles. The van der Waals surface area contributed by atoms with Crippen molar-refractivity contribution >= 4 is 23.2 Å². The molecule has 0 fully saturated rings. The van der Waals surface area contributed by atoms with Gasteiger partial charge in [-0.15, -0.1) is 0 Å². The van der Waals surface area contributed by atoms with E-state index < -0.39 is 0 Å². The highest BCUT2D eigenvalue weighted by Gasteiger charge is 2.09. The van der Waals surface area contributed by atoms with Gasteiger partial charge >= 0.3 is 0 Å². The summed E-state index contributed by atoms with van der Waals surface area (Å²) in [6.45, 7) is 3.84. The van der Waals surface area contributed by atoms with Crippen molar-refractivity contribution in [2.75, 3.05) is 0 Å². The van der Waals surface area contributed by atoms with Gasteiger partial charge in [0.2, 0.25) is 0 Å². The molecule has 0 N–H and O–H groups in total. The van der Waals surface area contributed by atoms with Crippen molar-refractivity contribution in [1.29, 1.82) is 0 Å². The molecule has 1 nitrogen and oxygen atoms in total. The van der Waals surface area contributed by atoms with Crippen molar-refractivity contribution in [2.24, 2.45) is 0 Å². The van der Waals surface area contributed by atoms with E-state index in [0.29, 0.717) is 10.0 Å². The molecule has 0 radical (unpaired) electrons. The molecule has 1 atom stereocenters. The molecule has 0 aliphatic carbocycles. The topological polar surface area (TPSA) is 9.23 Å². The monoisotopic (exact) mass is 230 g/mol. The van der Waals surface area contributed by atoms with Gasteiger partial charge in [0.25, 0.3) is 0 Å². The normalized spacial score (nSPS) is 13.1. The Balaban J connectivity index is 2.84. The second-order valence-electron chi connectivity index (χ2n) is 2.91. The quantitative estimate of drug-likeness (QED) is 0.690. The van der Waals surface area contributed by atoms with Gasteiger partial charge in [0.1, 0.15) is 6.10 Å². The van der Waals surface area contributed by atoms with E-state index in [-0.39, 0.29) is 6.10 Å². The zero-order valence-electron chi connectivity index (χ0n) is 8.13. The van der Waals surface area contributed by atoms with Gasteiger partial charge < -0.3 is 4.74 Å². The lowest BCUT2D eigenvalue weighted by Crippen LogP contribution is -1.95. The Hall–Kier alpha value is -0.660. The highest BCUT2D eigenvalue weighted by Crippen LogP contribution is 2.28. The largest absolute Gasteiger partial charge is 0.494 e. The van der Waals surface area contributed by atoms with Crippen molar-refractivity contribution in [3.63, 3.8) is 0 Å². The molecule has 3 heteroatoms. The maximum absolute atomic E-state index is 6.01. The number of halogens is 2. The summed E-state index contributed by atoms with van der Waals surface area (Å²) in [4.78, 5) is 0. The van der Waals surface area contributed by atoms with Crippen LogP contribution in [0.1, 0.15) is 25.5 Å². The van der Waals surface area contributed by atoms with Crippen molar-refractivity contribution in [3.05, 3.63) is 46.1 Å². The smallest absolute Gasteiger partial charge is 0.121 e. The van der Waals surface area contributed by atoms with Crippen LogP contribution >= 0.6 is 23.2 Å². The Morgan fingerprint density at radius 3 is 2.64 bits per heavy atom. The maximum atomic E-state index is 6.01. The number of hydrogen-bond acceptors (Lipinski definition) is 1. The van der Waals surface area contributed by atoms with Crippen molar-refractivity contribution < 1.29 is 4.74 Å². The highest BCUT2D eigenvalue weighted by molar-refractivity contribution is 6.35. The fraction of sp³-hybridized carbons (Fsp3) is 0.273. The minimum absolute atomic E-state index is 0.0593. The fourth-order valence-corrected chi connectivity index (χ4v) is 1.66. The molecule has 1 rings (SSSR count). The predicted octanol–water partition coefficient (Wildman–Crippen LogP) is 4.60. The first-order chi connectivity index (χ1) is 6.65. The number of hydrogen-bond donors (Lipinski definition) is 0. The zero-order chi connectivity index (χ0) is 10.6. The summed E-state index contributed by atoms with van der Waals surface area (Å²) in [5.41, 5.74) is 0.939. The molecule has 0 spiro atoms. The average molecular weight is 231 g/mol. The SMILES string of the molecule is CC=COC(C)c1ccc(Cl)cc1Cl. The molecule has 0 bridgehead atoms. The summed E-state index contributed by atoms with van der Waals surface area (Å²) < 4.78 is 5.39. The summed E-state index contributed by atoms with van der Waals surface area (Å²) in [5, 5.41) is 1.27. The van der Waals surface area contributed by atoms with Gasteiger partial charge in [0, 0.05) is 15.6 Å². The molecular formula is C11H12Cl2O. The standard InChI is InChI=1S/C11H12Cl2O/c1-3-6-14-8(2)10-5-4-9(12)7-11(10)13/h3-8H,1-2H3. The molecule has 0 aromatic heterocycles. The second kappa shape index (κ2) is 5.28. The van der Waals surface area contributed by atoms with Crippen LogP contribution in [0.25, 0.3) is 0 Å². The summed E-state index contributed by atoms with van der Waals surface area (Å²) in [7, 11) is 0. The fourth-order valence-electron chi connectivity index (χ4n) is 1.10. The Bertz CT molecular complexity index is 334. The summed E-state index contributed by atoms with van der Waals surface area (Å²) >= 11 is 11.8. The van der Waals surface area contributed by atoms with E-state index in [9.17, 15) is 0 Å². The summed E-state index contributed by atoms with van der Waals surface area (Å²) in [6.07, 6.45) is 3.42. The van der Waals surface area contributed by atoms with Crippen LogP contribution in [0.2, 0.25) is 10.0 Å². The molecule has 1 aromatic carbocycles. The number of ether oxygens (including phenoxy) is 1. The Labute approximate surface area is 94.3 Å². The van der Waals surface area contributed by atoms with Crippen LogP contribution in [-0.2, 0) is 4.74 Å². The minimum atomic E-state index is -0.0593. The van der Waals surface area contributed by atoms with Crippen LogP contribution in [0.3, 0.4) is 0 Å². The first-order valence-corrected chi connectivity index (χ1v) is 5.12. The lowest BCUT2D eigenvalue weighted by Gasteiger charge is -2.13. The molecule has 76 valence electrons. The van der Waals surface area contributed by atoms with Gasteiger partial charge in [0.15, 0.2) is 0 Å². The van der Waals surface area contributed by atoms with E-state index in [2.05, 4.69) is 0 Å². The third-order valence-electron chi connectivity index (χ3n) is 1.82. The van der Waals surface area contributed by atoms with Crippen LogP contribution in [-0.4, -0.2) is 0 Å². The lowest BCUT2D eigenvalue weighted by atomic mass is 10.1. The van der Waals surface area contributed by atoms with E-state index in [1.54, 1.807) is 18.4 Å².